The predicted octanol–water partition coefficient (Wildman–Crippen LogP) is 4.98. The third-order valence-corrected chi connectivity index (χ3v) is 8.16. The standard InChI is InChI=1S/C27H34F2O4S/c1-3-17-8-9-20(25-23(31)22(30)24(32)26(33-25)34-2)15-21(17)14-16-4-6-18(7-5-16)19-10-12-27(28,29)13-11-19/h4-9,15,19,22-26,30-32H,3,10-14H2,1-2H3/t22-,23-,24+,25+,26-/m1/s1. The molecule has 4 nitrogen and oxygen atoms in total. The van der Waals surface area contributed by atoms with Crippen LogP contribution in [0.1, 0.15) is 72.4 Å². The first-order valence-electron chi connectivity index (χ1n) is 12.0. The van der Waals surface area contributed by atoms with Crippen molar-refractivity contribution in [2.45, 2.75) is 87.1 Å². The van der Waals surface area contributed by atoms with Gasteiger partial charge in [0.15, 0.2) is 0 Å². The van der Waals surface area contributed by atoms with Crippen LogP contribution < -0.4 is 0 Å². The van der Waals surface area contributed by atoms with E-state index in [4.69, 9.17) is 4.74 Å². The zero-order chi connectivity index (χ0) is 24.5. The second kappa shape index (κ2) is 10.6. The number of aliphatic hydroxyl groups excluding tert-OH is 3. The fraction of sp³-hybridized carbons (Fsp3) is 0.556. The van der Waals surface area contributed by atoms with E-state index in [1.807, 2.05) is 18.2 Å². The average molecular weight is 493 g/mol. The Morgan fingerprint density at radius 3 is 2.18 bits per heavy atom. The van der Waals surface area contributed by atoms with E-state index in [1.165, 1.54) is 17.3 Å². The summed E-state index contributed by atoms with van der Waals surface area (Å²) in [6, 6.07) is 14.2. The Balaban J connectivity index is 1.51. The number of hydrogen-bond donors (Lipinski definition) is 3. The Hall–Kier alpha value is -1.51. The van der Waals surface area contributed by atoms with Gasteiger partial charge < -0.3 is 20.1 Å². The Bertz CT molecular complexity index is 956. The maximum Gasteiger partial charge on any atom is 0.248 e. The van der Waals surface area contributed by atoms with Gasteiger partial charge in [-0.05, 0) is 65.7 Å². The molecule has 1 heterocycles. The minimum Gasteiger partial charge on any atom is -0.387 e. The SMILES string of the molecule is CCc1ccc([C@@H]2O[C@H](SC)[C@@H](O)[C@H](O)[C@H]2O)cc1Cc1ccc(C2CCC(F)(F)CC2)cc1. The first-order valence-corrected chi connectivity index (χ1v) is 13.3. The van der Waals surface area contributed by atoms with Gasteiger partial charge in [0.2, 0.25) is 5.92 Å². The number of thioether (sulfide) groups is 1. The predicted molar refractivity (Wildman–Crippen MR) is 130 cm³/mol. The van der Waals surface area contributed by atoms with E-state index < -0.39 is 35.8 Å². The van der Waals surface area contributed by atoms with E-state index in [2.05, 4.69) is 31.2 Å². The Kier molecular flexibility index (Phi) is 7.99. The van der Waals surface area contributed by atoms with Crippen LogP contribution in [-0.2, 0) is 17.6 Å². The van der Waals surface area contributed by atoms with Gasteiger partial charge in [-0.1, -0.05) is 49.4 Å². The van der Waals surface area contributed by atoms with Crippen molar-refractivity contribution in [3.63, 3.8) is 0 Å². The summed E-state index contributed by atoms with van der Waals surface area (Å²) in [4.78, 5) is 0. The molecule has 1 saturated carbocycles. The van der Waals surface area contributed by atoms with Crippen LogP contribution in [0.15, 0.2) is 42.5 Å². The molecule has 0 bridgehead atoms. The second-order valence-electron chi connectivity index (χ2n) is 9.56. The molecule has 2 aromatic carbocycles. The van der Waals surface area contributed by atoms with E-state index in [-0.39, 0.29) is 18.8 Å². The van der Waals surface area contributed by atoms with Crippen LogP contribution in [0.2, 0.25) is 0 Å². The number of rotatable bonds is 6. The number of hydrogen-bond acceptors (Lipinski definition) is 5. The molecule has 0 amide bonds. The van der Waals surface area contributed by atoms with Crippen molar-refractivity contribution in [2.24, 2.45) is 0 Å². The molecule has 34 heavy (non-hydrogen) atoms. The molecule has 7 heteroatoms. The van der Waals surface area contributed by atoms with E-state index in [1.54, 1.807) is 6.26 Å². The van der Waals surface area contributed by atoms with Crippen molar-refractivity contribution < 1.29 is 28.8 Å². The van der Waals surface area contributed by atoms with Gasteiger partial charge in [-0.25, -0.2) is 8.78 Å². The van der Waals surface area contributed by atoms with Crippen LogP contribution >= 0.6 is 11.8 Å². The molecule has 2 aliphatic rings. The van der Waals surface area contributed by atoms with E-state index >= 15 is 0 Å². The molecule has 0 aromatic heterocycles. The summed E-state index contributed by atoms with van der Waals surface area (Å²) in [5, 5.41) is 31.0. The number of aliphatic hydroxyl groups is 3. The van der Waals surface area contributed by atoms with Crippen molar-refractivity contribution in [3.8, 4) is 0 Å². The maximum absolute atomic E-state index is 13.5. The third kappa shape index (κ3) is 5.49. The van der Waals surface area contributed by atoms with Crippen molar-refractivity contribution >= 4 is 11.8 Å². The highest BCUT2D eigenvalue weighted by atomic mass is 32.2. The minimum absolute atomic E-state index is 0.0374. The van der Waals surface area contributed by atoms with E-state index in [0.29, 0.717) is 19.3 Å². The van der Waals surface area contributed by atoms with E-state index in [0.717, 1.165) is 28.7 Å². The lowest BCUT2D eigenvalue weighted by Gasteiger charge is -2.40. The lowest BCUT2D eigenvalue weighted by Crippen LogP contribution is -2.52. The fourth-order valence-corrected chi connectivity index (χ4v) is 5.82. The van der Waals surface area contributed by atoms with Crippen LogP contribution in [0.5, 0.6) is 0 Å². The van der Waals surface area contributed by atoms with Gasteiger partial charge >= 0.3 is 0 Å². The Morgan fingerprint density at radius 2 is 1.56 bits per heavy atom. The first kappa shape index (κ1) is 25.6. The Labute approximate surface area is 204 Å². The number of benzene rings is 2. The van der Waals surface area contributed by atoms with Crippen LogP contribution in [-0.4, -0.2) is 51.2 Å². The van der Waals surface area contributed by atoms with E-state index in [9.17, 15) is 24.1 Å². The van der Waals surface area contributed by atoms with Crippen LogP contribution in [0.25, 0.3) is 0 Å². The van der Waals surface area contributed by atoms with Gasteiger partial charge in [-0.2, -0.15) is 0 Å². The number of halogens is 2. The quantitative estimate of drug-likeness (QED) is 0.531. The summed E-state index contributed by atoms with van der Waals surface area (Å²) in [7, 11) is 0. The number of ether oxygens (including phenoxy) is 1. The molecule has 0 radical (unpaired) electrons. The summed E-state index contributed by atoms with van der Waals surface area (Å²) in [5.41, 5.74) is 4.70. The largest absolute Gasteiger partial charge is 0.387 e. The lowest BCUT2D eigenvalue weighted by molar-refractivity contribution is -0.200. The smallest absolute Gasteiger partial charge is 0.248 e. The fourth-order valence-electron chi connectivity index (χ4n) is 5.15. The molecule has 4 rings (SSSR count). The maximum atomic E-state index is 13.5. The molecular formula is C27H34F2O4S. The molecular weight excluding hydrogens is 458 g/mol. The summed E-state index contributed by atoms with van der Waals surface area (Å²) in [6.07, 6.45) is -0.0634. The lowest BCUT2D eigenvalue weighted by atomic mass is 9.82. The van der Waals surface area contributed by atoms with Crippen molar-refractivity contribution in [3.05, 3.63) is 70.3 Å². The third-order valence-electron chi connectivity index (χ3n) is 7.30. The highest BCUT2D eigenvalue weighted by Gasteiger charge is 2.44. The molecule has 0 unspecified atom stereocenters. The molecule has 0 spiro atoms. The molecule has 186 valence electrons. The molecule has 1 aliphatic carbocycles. The monoisotopic (exact) mass is 492 g/mol. The normalized spacial score (nSPS) is 29.8. The van der Waals surface area contributed by atoms with Crippen LogP contribution in [0, 0.1) is 0 Å². The van der Waals surface area contributed by atoms with Gasteiger partial charge in [0.05, 0.1) is 0 Å². The van der Waals surface area contributed by atoms with Crippen LogP contribution in [0.4, 0.5) is 8.78 Å². The molecule has 2 aromatic rings. The van der Waals surface area contributed by atoms with Gasteiger partial charge in [0.1, 0.15) is 29.9 Å². The summed E-state index contributed by atoms with van der Waals surface area (Å²) < 4.78 is 32.9. The highest BCUT2D eigenvalue weighted by molar-refractivity contribution is 7.99. The van der Waals surface area contributed by atoms with Crippen molar-refractivity contribution in [1.29, 1.82) is 0 Å². The van der Waals surface area contributed by atoms with Crippen LogP contribution in [0.3, 0.4) is 0 Å². The molecule has 2 fully saturated rings. The van der Waals surface area contributed by atoms with Gasteiger partial charge in [-0.15, -0.1) is 11.8 Å². The zero-order valence-electron chi connectivity index (χ0n) is 19.7. The summed E-state index contributed by atoms with van der Waals surface area (Å²) >= 11 is 1.30. The molecule has 5 atom stereocenters. The van der Waals surface area contributed by atoms with Crippen molar-refractivity contribution in [1.82, 2.24) is 0 Å². The zero-order valence-corrected chi connectivity index (χ0v) is 20.5. The minimum atomic E-state index is -2.52. The van der Waals surface area contributed by atoms with Gasteiger partial charge in [0, 0.05) is 12.8 Å². The topological polar surface area (TPSA) is 69.9 Å². The number of aryl methyl sites for hydroxylation is 1. The second-order valence-corrected chi connectivity index (χ2v) is 10.5. The first-order chi connectivity index (χ1) is 16.2. The van der Waals surface area contributed by atoms with Crippen molar-refractivity contribution in [2.75, 3.05) is 6.26 Å². The number of alkyl halides is 2. The average Bonchev–Trinajstić information content (AvgIpc) is 2.83. The highest BCUT2D eigenvalue weighted by Crippen LogP contribution is 2.41. The molecule has 3 N–H and O–H groups in total. The summed E-state index contributed by atoms with van der Waals surface area (Å²) in [5.74, 6) is -2.32. The molecule has 1 saturated heterocycles. The summed E-state index contributed by atoms with van der Waals surface area (Å²) in [6.45, 7) is 2.09. The van der Waals surface area contributed by atoms with Gasteiger partial charge in [-0.3, -0.25) is 0 Å². The molecule has 1 aliphatic heterocycles. The van der Waals surface area contributed by atoms with Gasteiger partial charge in [0.25, 0.3) is 0 Å². The Morgan fingerprint density at radius 1 is 0.912 bits per heavy atom.